The Morgan fingerprint density at radius 1 is 1.40 bits per heavy atom. The molecule has 0 aliphatic carbocycles. The Hall–Kier alpha value is -0.880. The van der Waals surface area contributed by atoms with Crippen molar-refractivity contribution in [1.29, 1.82) is 0 Å². The number of imidazole rings is 1. The second kappa shape index (κ2) is 5.85. The SMILES string of the molecule is NCC(c1ccc(Br)cc1Cl)N1CCn2ccnc2C1. The van der Waals surface area contributed by atoms with Gasteiger partial charge in [0.1, 0.15) is 5.82 Å². The number of hydrogen-bond acceptors (Lipinski definition) is 3. The van der Waals surface area contributed by atoms with Crippen LogP contribution < -0.4 is 5.73 Å². The highest BCUT2D eigenvalue weighted by molar-refractivity contribution is 9.10. The number of nitrogens with two attached hydrogens (primary N) is 1. The molecule has 1 unspecified atom stereocenters. The maximum absolute atomic E-state index is 6.37. The van der Waals surface area contributed by atoms with E-state index in [1.54, 1.807) is 0 Å². The van der Waals surface area contributed by atoms with Crippen LogP contribution in [0.3, 0.4) is 0 Å². The van der Waals surface area contributed by atoms with Crippen LogP contribution in [-0.2, 0) is 13.1 Å². The van der Waals surface area contributed by atoms with Crippen LogP contribution in [0.25, 0.3) is 0 Å². The van der Waals surface area contributed by atoms with Crippen LogP contribution in [0, 0.1) is 0 Å². The zero-order valence-electron chi connectivity index (χ0n) is 11.0. The predicted octanol–water partition coefficient (Wildman–Crippen LogP) is 2.81. The van der Waals surface area contributed by atoms with E-state index in [9.17, 15) is 0 Å². The lowest BCUT2D eigenvalue weighted by molar-refractivity contribution is 0.156. The van der Waals surface area contributed by atoms with Crippen molar-refractivity contribution < 1.29 is 0 Å². The van der Waals surface area contributed by atoms with Gasteiger partial charge in [0.05, 0.1) is 6.54 Å². The highest BCUT2D eigenvalue weighted by atomic mass is 79.9. The van der Waals surface area contributed by atoms with E-state index in [1.807, 2.05) is 30.6 Å². The van der Waals surface area contributed by atoms with Gasteiger partial charge in [-0.25, -0.2) is 4.98 Å². The molecule has 4 nitrogen and oxygen atoms in total. The van der Waals surface area contributed by atoms with Gasteiger partial charge >= 0.3 is 0 Å². The van der Waals surface area contributed by atoms with Gasteiger partial charge in [-0.1, -0.05) is 33.6 Å². The van der Waals surface area contributed by atoms with E-state index in [4.69, 9.17) is 17.3 Å². The molecule has 2 N–H and O–H groups in total. The van der Waals surface area contributed by atoms with Gasteiger partial charge in [0.2, 0.25) is 0 Å². The molecule has 0 radical (unpaired) electrons. The van der Waals surface area contributed by atoms with Crippen LogP contribution >= 0.6 is 27.5 Å². The number of aromatic nitrogens is 2. The van der Waals surface area contributed by atoms with Crippen LogP contribution in [0.1, 0.15) is 17.4 Å². The van der Waals surface area contributed by atoms with Crippen molar-refractivity contribution in [3.05, 3.63) is 51.5 Å². The molecule has 0 amide bonds. The van der Waals surface area contributed by atoms with Crippen LogP contribution in [0.5, 0.6) is 0 Å². The number of rotatable bonds is 3. The highest BCUT2D eigenvalue weighted by Gasteiger charge is 2.25. The van der Waals surface area contributed by atoms with Crippen molar-refractivity contribution in [3.63, 3.8) is 0 Å². The lowest BCUT2D eigenvalue weighted by atomic mass is 10.0. The first-order valence-corrected chi connectivity index (χ1v) is 7.75. The van der Waals surface area contributed by atoms with E-state index in [1.165, 1.54) is 0 Å². The van der Waals surface area contributed by atoms with Gasteiger partial charge in [0.15, 0.2) is 0 Å². The number of benzene rings is 1. The molecule has 2 heterocycles. The molecule has 1 aromatic heterocycles. The molecule has 0 spiro atoms. The summed E-state index contributed by atoms with van der Waals surface area (Å²) in [4.78, 5) is 6.74. The Labute approximate surface area is 131 Å². The Kier molecular flexibility index (Phi) is 4.12. The number of hydrogen-bond donors (Lipinski definition) is 1. The largest absolute Gasteiger partial charge is 0.333 e. The van der Waals surface area contributed by atoms with Gasteiger partial charge in [-0.05, 0) is 17.7 Å². The smallest absolute Gasteiger partial charge is 0.122 e. The molecule has 2 aromatic rings. The lowest BCUT2D eigenvalue weighted by Gasteiger charge is -2.34. The number of halogens is 2. The Balaban J connectivity index is 1.87. The maximum atomic E-state index is 6.37. The standard InChI is InChI=1S/C14H16BrClN4/c15-10-1-2-11(12(16)7-10)13(8-17)20-6-5-19-4-3-18-14(19)9-20/h1-4,7,13H,5-6,8-9,17H2. The summed E-state index contributed by atoms with van der Waals surface area (Å²) in [5, 5.41) is 0.753. The minimum atomic E-state index is 0.126. The highest BCUT2D eigenvalue weighted by Crippen LogP contribution is 2.31. The molecule has 1 atom stereocenters. The molecule has 0 fully saturated rings. The van der Waals surface area contributed by atoms with Crippen LogP contribution in [0.4, 0.5) is 0 Å². The molecule has 1 aliphatic heterocycles. The first-order valence-electron chi connectivity index (χ1n) is 6.58. The molecule has 0 bridgehead atoms. The molecule has 1 aromatic carbocycles. The fourth-order valence-corrected chi connectivity index (χ4v) is 3.50. The van der Waals surface area contributed by atoms with Crippen molar-refractivity contribution in [2.45, 2.75) is 19.1 Å². The monoisotopic (exact) mass is 354 g/mol. The van der Waals surface area contributed by atoms with Crippen LogP contribution in [-0.4, -0.2) is 27.5 Å². The van der Waals surface area contributed by atoms with E-state index in [0.29, 0.717) is 6.54 Å². The van der Waals surface area contributed by atoms with Crippen molar-refractivity contribution in [2.24, 2.45) is 5.73 Å². The Morgan fingerprint density at radius 2 is 2.25 bits per heavy atom. The van der Waals surface area contributed by atoms with E-state index in [-0.39, 0.29) is 6.04 Å². The van der Waals surface area contributed by atoms with E-state index in [2.05, 4.69) is 30.4 Å². The number of fused-ring (bicyclic) bond motifs is 1. The van der Waals surface area contributed by atoms with Crippen molar-refractivity contribution >= 4 is 27.5 Å². The quantitative estimate of drug-likeness (QED) is 0.921. The third kappa shape index (κ3) is 2.63. The lowest BCUT2D eigenvalue weighted by Crippen LogP contribution is -2.39. The fraction of sp³-hybridized carbons (Fsp3) is 0.357. The third-order valence-electron chi connectivity index (χ3n) is 3.76. The predicted molar refractivity (Wildman–Crippen MR) is 83.6 cm³/mol. The van der Waals surface area contributed by atoms with E-state index < -0.39 is 0 Å². The zero-order valence-corrected chi connectivity index (χ0v) is 13.3. The first kappa shape index (κ1) is 14.1. The molecule has 1 aliphatic rings. The molecule has 3 rings (SSSR count). The average Bonchev–Trinajstić information content (AvgIpc) is 2.89. The summed E-state index contributed by atoms with van der Waals surface area (Å²) < 4.78 is 3.17. The topological polar surface area (TPSA) is 47.1 Å². The van der Waals surface area contributed by atoms with Crippen molar-refractivity contribution in [1.82, 2.24) is 14.5 Å². The van der Waals surface area contributed by atoms with Gasteiger partial charge in [-0.15, -0.1) is 0 Å². The van der Waals surface area contributed by atoms with Gasteiger partial charge in [-0.3, -0.25) is 4.90 Å². The summed E-state index contributed by atoms with van der Waals surface area (Å²) in [7, 11) is 0. The van der Waals surface area contributed by atoms with Gasteiger partial charge in [0, 0.05) is 47.6 Å². The van der Waals surface area contributed by atoms with Gasteiger partial charge in [-0.2, -0.15) is 0 Å². The molecule has 6 heteroatoms. The van der Waals surface area contributed by atoms with Gasteiger partial charge < -0.3 is 10.3 Å². The van der Waals surface area contributed by atoms with Gasteiger partial charge in [0.25, 0.3) is 0 Å². The summed E-state index contributed by atoms with van der Waals surface area (Å²) in [5.74, 6) is 1.09. The zero-order chi connectivity index (χ0) is 14.1. The normalized spacial score (nSPS) is 16.9. The summed E-state index contributed by atoms with van der Waals surface area (Å²) in [6.45, 7) is 3.25. The first-order chi connectivity index (χ1) is 9.69. The van der Waals surface area contributed by atoms with Crippen LogP contribution in [0.15, 0.2) is 35.1 Å². The maximum Gasteiger partial charge on any atom is 0.122 e. The fourth-order valence-electron chi connectivity index (χ4n) is 2.70. The minimum Gasteiger partial charge on any atom is -0.333 e. The molecule has 20 heavy (non-hydrogen) atoms. The van der Waals surface area contributed by atoms with E-state index >= 15 is 0 Å². The molecular formula is C14H16BrClN4. The third-order valence-corrected chi connectivity index (χ3v) is 4.58. The molecule has 0 saturated heterocycles. The van der Waals surface area contributed by atoms with Crippen LogP contribution in [0.2, 0.25) is 5.02 Å². The number of nitrogens with zero attached hydrogens (tertiary/aromatic N) is 3. The molecule has 106 valence electrons. The summed E-state index contributed by atoms with van der Waals surface area (Å²) in [6, 6.07) is 6.10. The minimum absolute atomic E-state index is 0.126. The second-order valence-electron chi connectivity index (χ2n) is 4.92. The van der Waals surface area contributed by atoms with Crippen molar-refractivity contribution in [2.75, 3.05) is 13.1 Å². The summed E-state index contributed by atoms with van der Waals surface area (Å²) >= 11 is 9.81. The van der Waals surface area contributed by atoms with Crippen molar-refractivity contribution in [3.8, 4) is 0 Å². The Morgan fingerprint density at radius 3 is 3.00 bits per heavy atom. The molecule has 0 saturated carbocycles. The summed E-state index contributed by atoms with van der Waals surface area (Å²) in [5.41, 5.74) is 7.08. The Bertz CT molecular complexity index is 613. The van der Waals surface area contributed by atoms with E-state index in [0.717, 1.165) is 40.5 Å². The molecular weight excluding hydrogens is 340 g/mol. The average molecular weight is 356 g/mol. The summed E-state index contributed by atoms with van der Waals surface area (Å²) in [6.07, 6.45) is 3.87. The second-order valence-corrected chi connectivity index (χ2v) is 6.25.